The van der Waals surface area contributed by atoms with Crippen LogP contribution in [0, 0.1) is 13.8 Å². The van der Waals surface area contributed by atoms with Crippen molar-refractivity contribution < 1.29 is 17.3 Å². The van der Waals surface area contributed by atoms with E-state index in [4.69, 9.17) is 8.92 Å². The second-order valence-corrected chi connectivity index (χ2v) is 8.13. The molecule has 29 heavy (non-hydrogen) atoms. The van der Waals surface area contributed by atoms with E-state index in [1.54, 1.807) is 36.5 Å². The van der Waals surface area contributed by atoms with Gasteiger partial charge in [0.1, 0.15) is 4.90 Å². The van der Waals surface area contributed by atoms with Gasteiger partial charge in [-0.1, -0.05) is 35.4 Å². The number of ether oxygens (including phenoxy) is 1. The Morgan fingerprint density at radius 2 is 1.48 bits per heavy atom. The van der Waals surface area contributed by atoms with Crippen LogP contribution in [0.2, 0.25) is 0 Å². The number of rotatable bonds is 7. The fourth-order valence-electron chi connectivity index (χ4n) is 2.59. The lowest BCUT2D eigenvalue weighted by Crippen LogP contribution is -2.11. The Bertz CT molecular complexity index is 1100. The van der Waals surface area contributed by atoms with Crippen molar-refractivity contribution in [2.75, 3.05) is 6.61 Å². The summed E-state index contributed by atoms with van der Waals surface area (Å²) in [7, 11) is -3.96. The van der Waals surface area contributed by atoms with E-state index >= 15 is 0 Å². The van der Waals surface area contributed by atoms with Gasteiger partial charge in [0.05, 0.1) is 12.3 Å². The molecule has 150 valence electrons. The van der Waals surface area contributed by atoms with Gasteiger partial charge in [0.2, 0.25) is 0 Å². The van der Waals surface area contributed by atoms with Crippen LogP contribution >= 0.6 is 0 Å². The highest BCUT2D eigenvalue weighted by Gasteiger charge is 2.19. The molecule has 0 aliphatic heterocycles. The Kier molecular flexibility index (Phi) is 6.34. The molecule has 0 spiro atoms. The lowest BCUT2D eigenvalue weighted by Gasteiger charge is -2.12. The fourth-order valence-corrected chi connectivity index (χ4v) is 3.53. The molecule has 0 aromatic heterocycles. The maximum Gasteiger partial charge on any atom is 0.339 e. The van der Waals surface area contributed by atoms with E-state index in [9.17, 15) is 8.42 Å². The van der Waals surface area contributed by atoms with Crippen LogP contribution in [-0.2, 0) is 10.1 Å². The van der Waals surface area contributed by atoms with Crippen LogP contribution in [0.25, 0.3) is 0 Å². The number of aryl methyl sites for hydroxylation is 2. The Morgan fingerprint density at radius 3 is 2.10 bits per heavy atom. The van der Waals surface area contributed by atoms with Crippen molar-refractivity contribution in [3.8, 4) is 11.5 Å². The van der Waals surface area contributed by atoms with Crippen LogP contribution in [0.5, 0.6) is 11.5 Å². The maximum absolute atomic E-state index is 12.6. The third kappa shape index (κ3) is 5.45. The van der Waals surface area contributed by atoms with Gasteiger partial charge >= 0.3 is 10.1 Å². The van der Waals surface area contributed by atoms with E-state index < -0.39 is 10.1 Å². The van der Waals surface area contributed by atoms with Crippen molar-refractivity contribution in [3.63, 3.8) is 0 Å². The highest BCUT2D eigenvalue weighted by atomic mass is 32.2. The fraction of sp³-hybridized carbons (Fsp3) is 0.174. The van der Waals surface area contributed by atoms with E-state index in [1.165, 1.54) is 17.7 Å². The van der Waals surface area contributed by atoms with Crippen LogP contribution in [-0.4, -0.2) is 21.2 Å². The molecular weight excluding hydrogens is 386 g/mol. The van der Waals surface area contributed by atoms with Crippen molar-refractivity contribution in [1.82, 2.24) is 0 Å². The van der Waals surface area contributed by atoms with Gasteiger partial charge in [-0.3, -0.25) is 4.99 Å². The zero-order valence-electron chi connectivity index (χ0n) is 16.6. The zero-order chi connectivity index (χ0) is 20.9. The van der Waals surface area contributed by atoms with Crippen molar-refractivity contribution >= 4 is 22.0 Å². The Hall–Kier alpha value is -3.12. The van der Waals surface area contributed by atoms with Crippen LogP contribution in [0.3, 0.4) is 0 Å². The molecule has 0 bridgehead atoms. The molecule has 3 aromatic rings. The molecule has 0 N–H and O–H groups in total. The molecule has 0 saturated carbocycles. The topological polar surface area (TPSA) is 65.0 Å². The monoisotopic (exact) mass is 409 g/mol. The highest BCUT2D eigenvalue weighted by molar-refractivity contribution is 7.87. The molecule has 0 fully saturated rings. The molecule has 0 heterocycles. The molecule has 3 aromatic carbocycles. The van der Waals surface area contributed by atoms with E-state index in [1.807, 2.05) is 45.0 Å². The molecule has 0 atom stereocenters. The first kappa shape index (κ1) is 20.6. The first-order valence-electron chi connectivity index (χ1n) is 9.26. The summed E-state index contributed by atoms with van der Waals surface area (Å²) in [5, 5.41) is 0. The third-order valence-corrected chi connectivity index (χ3v) is 5.42. The Labute approximate surface area is 171 Å². The van der Waals surface area contributed by atoms with Gasteiger partial charge in [0, 0.05) is 6.21 Å². The van der Waals surface area contributed by atoms with E-state index in [0.717, 1.165) is 16.8 Å². The van der Waals surface area contributed by atoms with E-state index in [0.29, 0.717) is 12.4 Å². The van der Waals surface area contributed by atoms with Crippen molar-refractivity contribution in [2.45, 2.75) is 25.7 Å². The number of benzene rings is 3. The number of aliphatic imine (C=N–C) groups is 1. The third-order valence-electron chi connectivity index (χ3n) is 4.17. The van der Waals surface area contributed by atoms with Gasteiger partial charge in [-0.15, -0.1) is 0 Å². The summed E-state index contributed by atoms with van der Waals surface area (Å²) in [6.07, 6.45) is 1.70. The Morgan fingerprint density at radius 1 is 0.862 bits per heavy atom. The minimum Gasteiger partial charge on any atom is -0.490 e. The molecule has 0 aliphatic carbocycles. The SMILES string of the molecule is CCOc1cc(C=Nc2ccc(C)cc2)ccc1OS(=O)(=O)c1ccc(C)cc1. The second kappa shape index (κ2) is 8.92. The number of hydrogen-bond donors (Lipinski definition) is 0. The number of hydrogen-bond acceptors (Lipinski definition) is 5. The largest absolute Gasteiger partial charge is 0.490 e. The quantitative estimate of drug-likeness (QED) is 0.396. The summed E-state index contributed by atoms with van der Waals surface area (Å²) in [5.74, 6) is 0.482. The first-order chi connectivity index (χ1) is 13.9. The summed E-state index contributed by atoms with van der Waals surface area (Å²) in [5.41, 5.74) is 3.74. The summed E-state index contributed by atoms with van der Waals surface area (Å²) >= 11 is 0. The molecular formula is C23H23NO4S. The van der Waals surface area contributed by atoms with Crippen LogP contribution in [0.4, 0.5) is 5.69 Å². The molecule has 0 amide bonds. The highest BCUT2D eigenvalue weighted by Crippen LogP contribution is 2.31. The van der Waals surface area contributed by atoms with E-state index in [-0.39, 0.29) is 10.6 Å². The predicted octanol–water partition coefficient (Wildman–Crippen LogP) is 5.22. The normalized spacial score (nSPS) is 11.6. The lowest BCUT2D eigenvalue weighted by atomic mass is 10.2. The minimum absolute atomic E-state index is 0.0931. The van der Waals surface area contributed by atoms with Gasteiger partial charge in [-0.05, 0) is 68.8 Å². The summed E-state index contributed by atoms with van der Waals surface area (Å²) in [4.78, 5) is 4.53. The van der Waals surface area contributed by atoms with Crippen molar-refractivity contribution in [3.05, 3.63) is 83.4 Å². The molecule has 0 aliphatic rings. The molecule has 0 unspecified atom stereocenters. The molecule has 0 radical (unpaired) electrons. The predicted molar refractivity (Wildman–Crippen MR) is 115 cm³/mol. The second-order valence-electron chi connectivity index (χ2n) is 6.58. The molecule has 6 heteroatoms. The van der Waals surface area contributed by atoms with Crippen LogP contribution < -0.4 is 8.92 Å². The van der Waals surface area contributed by atoms with Gasteiger partial charge < -0.3 is 8.92 Å². The molecule has 0 saturated heterocycles. The minimum atomic E-state index is -3.96. The van der Waals surface area contributed by atoms with Gasteiger partial charge in [-0.25, -0.2) is 0 Å². The standard InChI is InChI=1S/C23H23NO4S/c1-4-27-23-15-19(16-24-20-10-5-17(2)6-11-20)9-14-22(23)28-29(25,26)21-12-7-18(3)8-13-21/h5-16H,4H2,1-3H3. The summed E-state index contributed by atoms with van der Waals surface area (Å²) in [6, 6.07) is 19.4. The zero-order valence-corrected chi connectivity index (χ0v) is 17.4. The van der Waals surface area contributed by atoms with Crippen molar-refractivity contribution in [1.29, 1.82) is 0 Å². The number of nitrogens with zero attached hydrogens (tertiary/aromatic N) is 1. The average molecular weight is 410 g/mol. The average Bonchev–Trinajstić information content (AvgIpc) is 2.70. The van der Waals surface area contributed by atoms with E-state index in [2.05, 4.69) is 4.99 Å². The Balaban J connectivity index is 1.85. The summed E-state index contributed by atoms with van der Waals surface area (Å²) in [6.45, 7) is 6.11. The van der Waals surface area contributed by atoms with Gasteiger partial charge in [0.25, 0.3) is 0 Å². The molecule has 5 nitrogen and oxygen atoms in total. The first-order valence-corrected chi connectivity index (χ1v) is 10.7. The van der Waals surface area contributed by atoms with Crippen LogP contribution in [0.1, 0.15) is 23.6 Å². The maximum atomic E-state index is 12.6. The van der Waals surface area contributed by atoms with Crippen molar-refractivity contribution in [2.24, 2.45) is 4.99 Å². The lowest BCUT2D eigenvalue weighted by molar-refractivity contribution is 0.327. The van der Waals surface area contributed by atoms with Crippen LogP contribution in [0.15, 0.2) is 76.6 Å². The van der Waals surface area contributed by atoms with Gasteiger partial charge in [0.15, 0.2) is 11.5 Å². The summed E-state index contributed by atoms with van der Waals surface area (Å²) < 4.78 is 36.1. The smallest absolute Gasteiger partial charge is 0.339 e. The molecule has 3 rings (SSSR count). The van der Waals surface area contributed by atoms with Gasteiger partial charge in [-0.2, -0.15) is 8.42 Å².